The van der Waals surface area contributed by atoms with Gasteiger partial charge in [-0.25, -0.2) is 0 Å². The Kier molecular flexibility index (Phi) is 4.87. The van der Waals surface area contributed by atoms with Crippen LogP contribution in [0, 0.1) is 0 Å². The summed E-state index contributed by atoms with van der Waals surface area (Å²) in [5.41, 5.74) is -0.285. The summed E-state index contributed by atoms with van der Waals surface area (Å²) >= 11 is 0. The van der Waals surface area contributed by atoms with Gasteiger partial charge < -0.3 is 10.1 Å². The molecule has 18 heavy (non-hydrogen) atoms. The van der Waals surface area contributed by atoms with E-state index in [4.69, 9.17) is 4.74 Å². The monoisotopic (exact) mass is 281 g/mol. The van der Waals surface area contributed by atoms with Crippen molar-refractivity contribution >= 4 is 12.4 Å². The fraction of sp³-hybridized carbons (Fsp3) is 0.500. The SMILES string of the molecule is COc1ccc([C@H]2CCCN2)c(C(F)(F)F)c1.Cl. The molecule has 1 aromatic carbocycles. The maximum Gasteiger partial charge on any atom is 0.416 e. The van der Waals surface area contributed by atoms with Gasteiger partial charge in [0.15, 0.2) is 0 Å². The number of halogens is 4. The lowest BCUT2D eigenvalue weighted by atomic mass is 9.98. The Morgan fingerprint density at radius 1 is 1.33 bits per heavy atom. The van der Waals surface area contributed by atoms with Gasteiger partial charge in [0.05, 0.1) is 12.7 Å². The number of benzene rings is 1. The molecule has 1 atom stereocenters. The molecule has 1 aromatic rings. The third kappa shape index (κ3) is 3.09. The zero-order chi connectivity index (χ0) is 12.5. The van der Waals surface area contributed by atoms with E-state index in [9.17, 15) is 13.2 Å². The Morgan fingerprint density at radius 2 is 2.06 bits per heavy atom. The number of ether oxygens (including phenoxy) is 1. The van der Waals surface area contributed by atoms with Crippen molar-refractivity contribution in [1.82, 2.24) is 5.32 Å². The van der Waals surface area contributed by atoms with Crippen molar-refractivity contribution in [1.29, 1.82) is 0 Å². The van der Waals surface area contributed by atoms with Crippen molar-refractivity contribution in [2.24, 2.45) is 0 Å². The topological polar surface area (TPSA) is 21.3 Å². The first-order chi connectivity index (χ1) is 8.02. The van der Waals surface area contributed by atoms with Crippen LogP contribution in [0.2, 0.25) is 0 Å². The molecule has 1 fully saturated rings. The van der Waals surface area contributed by atoms with Gasteiger partial charge in [-0.15, -0.1) is 12.4 Å². The zero-order valence-electron chi connectivity index (χ0n) is 9.88. The van der Waals surface area contributed by atoms with Gasteiger partial charge in [0, 0.05) is 6.04 Å². The van der Waals surface area contributed by atoms with Crippen molar-refractivity contribution in [2.45, 2.75) is 25.1 Å². The Bertz CT molecular complexity index is 403. The molecule has 0 spiro atoms. The summed E-state index contributed by atoms with van der Waals surface area (Å²) in [7, 11) is 1.36. The second kappa shape index (κ2) is 5.80. The maximum absolute atomic E-state index is 12.9. The second-order valence-corrected chi connectivity index (χ2v) is 4.10. The predicted octanol–water partition coefficient (Wildman–Crippen LogP) is 3.56. The van der Waals surface area contributed by atoms with Crippen molar-refractivity contribution in [3.05, 3.63) is 29.3 Å². The molecule has 0 unspecified atom stereocenters. The van der Waals surface area contributed by atoms with Gasteiger partial charge in [0.25, 0.3) is 0 Å². The van der Waals surface area contributed by atoms with Crippen molar-refractivity contribution in [3.63, 3.8) is 0 Å². The van der Waals surface area contributed by atoms with Gasteiger partial charge in [-0.1, -0.05) is 6.07 Å². The van der Waals surface area contributed by atoms with E-state index in [1.54, 1.807) is 6.07 Å². The van der Waals surface area contributed by atoms with Crippen LogP contribution in [0.3, 0.4) is 0 Å². The van der Waals surface area contributed by atoms with Gasteiger partial charge in [-0.05, 0) is 37.1 Å². The van der Waals surface area contributed by atoms with E-state index in [0.717, 1.165) is 25.5 Å². The fourth-order valence-electron chi connectivity index (χ4n) is 2.16. The molecule has 0 amide bonds. The smallest absolute Gasteiger partial charge is 0.416 e. The number of nitrogens with one attached hydrogen (secondary N) is 1. The van der Waals surface area contributed by atoms with E-state index >= 15 is 0 Å². The van der Waals surface area contributed by atoms with Crippen LogP contribution in [0.1, 0.15) is 30.0 Å². The third-order valence-corrected chi connectivity index (χ3v) is 3.00. The highest BCUT2D eigenvalue weighted by Gasteiger charge is 2.36. The van der Waals surface area contributed by atoms with E-state index < -0.39 is 11.7 Å². The third-order valence-electron chi connectivity index (χ3n) is 3.00. The first-order valence-corrected chi connectivity index (χ1v) is 5.51. The molecule has 0 aliphatic carbocycles. The van der Waals surface area contributed by atoms with Crippen LogP contribution in [0.25, 0.3) is 0 Å². The summed E-state index contributed by atoms with van der Waals surface area (Å²) in [4.78, 5) is 0. The Balaban J connectivity index is 0.00000162. The standard InChI is InChI=1S/C12H14F3NO.ClH/c1-17-8-4-5-9(11-3-2-6-16-11)10(7-8)12(13,14)15;/h4-5,7,11,16H,2-3,6H2,1H3;1H/t11-;/m1./s1. The molecule has 0 aromatic heterocycles. The lowest BCUT2D eigenvalue weighted by Gasteiger charge is -2.18. The van der Waals surface area contributed by atoms with E-state index in [0.29, 0.717) is 5.56 Å². The predicted molar refractivity (Wildman–Crippen MR) is 65.2 cm³/mol. The molecule has 0 saturated carbocycles. The highest BCUT2D eigenvalue weighted by molar-refractivity contribution is 5.85. The normalized spacial score (nSPS) is 19.4. The zero-order valence-corrected chi connectivity index (χ0v) is 10.7. The van der Waals surface area contributed by atoms with Gasteiger partial charge >= 0.3 is 6.18 Å². The molecule has 6 heteroatoms. The van der Waals surface area contributed by atoms with E-state index in [1.165, 1.54) is 13.2 Å². The minimum absolute atomic E-state index is 0. The first kappa shape index (κ1) is 15.1. The quantitative estimate of drug-likeness (QED) is 0.895. The van der Waals surface area contributed by atoms with Crippen LogP contribution in [-0.4, -0.2) is 13.7 Å². The van der Waals surface area contributed by atoms with E-state index in [1.807, 2.05) is 0 Å². The van der Waals surface area contributed by atoms with Crippen LogP contribution in [0.15, 0.2) is 18.2 Å². The molecule has 102 valence electrons. The van der Waals surface area contributed by atoms with Crippen LogP contribution < -0.4 is 10.1 Å². The minimum Gasteiger partial charge on any atom is -0.497 e. The molecule has 1 aliphatic heterocycles. The van der Waals surface area contributed by atoms with Crippen LogP contribution in [-0.2, 0) is 6.18 Å². The molecule has 1 heterocycles. The highest BCUT2D eigenvalue weighted by atomic mass is 35.5. The lowest BCUT2D eigenvalue weighted by molar-refractivity contribution is -0.138. The summed E-state index contributed by atoms with van der Waals surface area (Å²) < 4.78 is 43.7. The molecule has 1 saturated heterocycles. The molecule has 1 N–H and O–H groups in total. The molecule has 2 nitrogen and oxygen atoms in total. The molecular formula is C12H15ClF3NO. The summed E-state index contributed by atoms with van der Waals surface area (Å²) in [6.45, 7) is 0.772. The van der Waals surface area contributed by atoms with Gasteiger partial charge in [0.1, 0.15) is 5.75 Å². The summed E-state index contributed by atoms with van der Waals surface area (Å²) in [5, 5.41) is 3.08. The Morgan fingerprint density at radius 3 is 2.56 bits per heavy atom. The first-order valence-electron chi connectivity index (χ1n) is 5.51. The van der Waals surface area contributed by atoms with Crippen LogP contribution in [0.4, 0.5) is 13.2 Å². The van der Waals surface area contributed by atoms with Gasteiger partial charge in [0.2, 0.25) is 0 Å². The van der Waals surface area contributed by atoms with Gasteiger partial charge in [-0.3, -0.25) is 0 Å². The van der Waals surface area contributed by atoms with Crippen LogP contribution in [0.5, 0.6) is 5.75 Å². The van der Waals surface area contributed by atoms with Crippen molar-refractivity contribution in [2.75, 3.05) is 13.7 Å². The molecule has 0 bridgehead atoms. The van der Waals surface area contributed by atoms with Crippen molar-refractivity contribution < 1.29 is 17.9 Å². The number of methoxy groups -OCH3 is 1. The number of hydrogen-bond donors (Lipinski definition) is 1. The largest absolute Gasteiger partial charge is 0.497 e. The summed E-state index contributed by atoms with van der Waals surface area (Å²) in [6.07, 6.45) is -2.68. The second-order valence-electron chi connectivity index (χ2n) is 4.10. The Labute approximate surface area is 110 Å². The number of rotatable bonds is 2. The highest BCUT2D eigenvalue weighted by Crippen LogP contribution is 2.38. The maximum atomic E-state index is 12.9. The van der Waals surface area contributed by atoms with E-state index in [-0.39, 0.29) is 24.2 Å². The summed E-state index contributed by atoms with van der Waals surface area (Å²) in [5.74, 6) is 0.235. The fourth-order valence-corrected chi connectivity index (χ4v) is 2.16. The number of hydrogen-bond acceptors (Lipinski definition) is 2. The van der Waals surface area contributed by atoms with Crippen molar-refractivity contribution in [3.8, 4) is 5.75 Å². The van der Waals surface area contributed by atoms with Gasteiger partial charge in [-0.2, -0.15) is 13.2 Å². The molecule has 1 aliphatic rings. The van der Waals surface area contributed by atoms with Crippen LogP contribution >= 0.6 is 12.4 Å². The molecular weight excluding hydrogens is 267 g/mol. The molecule has 0 radical (unpaired) electrons. The average molecular weight is 282 g/mol. The molecule has 2 rings (SSSR count). The van der Waals surface area contributed by atoms with E-state index in [2.05, 4.69) is 5.32 Å². The minimum atomic E-state index is -4.34. The summed E-state index contributed by atoms with van der Waals surface area (Å²) in [6, 6.07) is 3.95. The lowest BCUT2D eigenvalue weighted by Crippen LogP contribution is -2.18. The Hall–Kier alpha value is -0.940. The average Bonchev–Trinajstić information content (AvgIpc) is 2.80. The number of alkyl halides is 3.